The van der Waals surface area contributed by atoms with E-state index < -0.39 is 0 Å². The second kappa shape index (κ2) is 3.98. The van der Waals surface area contributed by atoms with Crippen molar-refractivity contribution in [3.05, 3.63) is 25.2 Å². The maximum absolute atomic E-state index is 4.26. The molecule has 0 amide bonds. The lowest BCUT2D eigenvalue weighted by Gasteiger charge is -2.33. The Balaban J connectivity index is 2.63. The van der Waals surface area contributed by atoms with Crippen LogP contribution in [0, 0.1) is 0 Å². The van der Waals surface area contributed by atoms with Crippen LogP contribution in [-0.2, 0) is 0 Å². The highest BCUT2D eigenvalue weighted by molar-refractivity contribution is 5.82. The number of nitrogens with one attached hydrogen (secondary N) is 2. The third-order valence-corrected chi connectivity index (χ3v) is 1.85. The molecule has 0 spiro atoms. The van der Waals surface area contributed by atoms with E-state index in [1.165, 1.54) is 0 Å². The second-order valence-electron chi connectivity index (χ2n) is 3.13. The molecule has 1 heterocycles. The van der Waals surface area contributed by atoms with Gasteiger partial charge in [-0.3, -0.25) is 0 Å². The van der Waals surface area contributed by atoms with Crippen LogP contribution in [-0.4, -0.2) is 23.6 Å². The van der Waals surface area contributed by atoms with Crippen LogP contribution in [0.4, 0.5) is 0 Å². The number of hydrogen-bond acceptors (Lipinski definition) is 4. The minimum atomic E-state index is 0.411. The van der Waals surface area contributed by atoms with Crippen LogP contribution >= 0.6 is 0 Å². The summed E-state index contributed by atoms with van der Waals surface area (Å²) in [6.07, 6.45) is 1.59. The van der Waals surface area contributed by atoms with Crippen LogP contribution in [0.5, 0.6) is 0 Å². The van der Waals surface area contributed by atoms with Gasteiger partial charge in [0.05, 0.1) is 0 Å². The lowest BCUT2D eigenvalue weighted by atomic mass is 10.3. The minimum absolute atomic E-state index is 0.411. The third kappa shape index (κ3) is 2.24. The molecule has 1 aliphatic rings. The predicted molar refractivity (Wildman–Crippen MR) is 54.9 cm³/mol. The van der Waals surface area contributed by atoms with Crippen LogP contribution in [0.25, 0.3) is 0 Å². The monoisotopic (exact) mass is 180 g/mol. The van der Waals surface area contributed by atoms with Crippen LogP contribution in [0.15, 0.2) is 30.2 Å². The van der Waals surface area contributed by atoms with Crippen LogP contribution in [0.2, 0.25) is 0 Å². The van der Waals surface area contributed by atoms with Crippen molar-refractivity contribution in [2.45, 2.75) is 19.9 Å². The molecule has 1 aliphatic heterocycles. The molecular formula is C9H16N4. The average Bonchev–Trinajstić information content (AvgIpc) is 2.04. The highest BCUT2D eigenvalue weighted by Gasteiger charge is 2.16. The van der Waals surface area contributed by atoms with Crippen molar-refractivity contribution in [3.63, 3.8) is 0 Å². The molecule has 0 fully saturated rings. The van der Waals surface area contributed by atoms with Gasteiger partial charge in [0, 0.05) is 6.04 Å². The molecule has 0 aliphatic carbocycles. The molecule has 0 atom stereocenters. The minimum Gasteiger partial charge on any atom is -0.336 e. The quantitative estimate of drug-likeness (QED) is 0.661. The van der Waals surface area contributed by atoms with Crippen molar-refractivity contribution in [3.8, 4) is 0 Å². The molecule has 0 aromatic heterocycles. The Labute approximate surface area is 79.0 Å². The van der Waals surface area contributed by atoms with E-state index in [-0.39, 0.29) is 0 Å². The van der Waals surface area contributed by atoms with Gasteiger partial charge >= 0.3 is 0 Å². The van der Waals surface area contributed by atoms with Gasteiger partial charge in [0.2, 0.25) is 5.96 Å². The average molecular weight is 180 g/mol. The Hall–Kier alpha value is -1.45. The first kappa shape index (κ1) is 9.64. The fourth-order valence-electron chi connectivity index (χ4n) is 1.13. The second-order valence-corrected chi connectivity index (χ2v) is 3.13. The van der Waals surface area contributed by atoms with E-state index >= 15 is 0 Å². The molecule has 2 N–H and O–H groups in total. The summed E-state index contributed by atoms with van der Waals surface area (Å²) >= 11 is 0. The van der Waals surface area contributed by atoms with E-state index in [4.69, 9.17) is 0 Å². The van der Waals surface area contributed by atoms with Crippen molar-refractivity contribution in [2.75, 3.05) is 6.67 Å². The Morgan fingerprint density at radius 2 is 2.38 bits per heavy atom. The van der Waals surface area contributed by atoms with Crippen LogP contribution in [0.1, 0.15) is 13.8 Å². The summed E-state index contributed by atoms with van der Waals surface area (Å²) in [5.74, 6) is 1.58. The standard InChI is InChI=1S/C9H16N4/c1-5-10-9-11-6-13(7(2)3)8(4)12-9/h5,7H,1,4,6H2,2-3H3,(H2,10,11,12). The van der Waals surface area contributed by atoms with Gasteiger partial charge in [0.15, 0.2) is 0 Å². The Morgan fingerprint density at radius 3 is 2.85 bits per heavy atom. The zero-order chi connectivity index (χ0) is 9.84. The van der Waals surface area contributed by atoms with E-state index in [1.807, 2.05) is 0 Å². The van der Waals surface area contributed by atoms with E-state index in [9.17, 15) is 0 Å². The highest BCUT2D eigenvalue weighted by Crippen LogP contribution is 2.07. The number of aliphatic imine (C=N–C) groups is 1. The molecule has 4 heteroatoms. The largest absolute Gasteiger partial charge is 0.336 e. The topological polar surface area (TPSA) is 39.7 Å². The van der Waals surface area contributed by atoms with Gasteiger partial charge in [-0.25, -0.2) is 4.99 Å². The first-order valence-corrected chi connectivity index (χ1v) is 4.29. The summed E-state index contributed by atoms with van der Waals surface area (Å²) in [7, 11) is 0. The van der Waals surface area contributed by atoms with Crippen molar-refractivity contribution < 1.29 is 0 Å². The molecule has 0 unspecified atom stereocenters. The molecule has 0 radical (unpaired) electrons. The zero-order valence-corrected chi connectivity index (χ0v) is 8.17. The summed E-state index contributed by atoms with van der Waals surface area (Å²) in [5, 5.41) is 5.94. The Kier molecular flexibility index (Phi) is 2.95. The number of nitrogens with zero attached hydrogens (tertiary/aromatic N) is 2. The van der Waals surface area contributed by atoms with Gasteiger partial charge < -0.3 is 15.5 Å². The van der Waals surface area contributed by atoms with Gasteiger partial charge in [0.1, 0.15) is 12.5 Å². The van der Waals surface area contributed by atoms with E-state index in [0.717, 1.165) is 5.82 Å². The molecule has 0 aromatic rings. The highest BCUT2D eigenvalue weighted by atomic mass is 15.4. The zero-order valence-electron chi connectivity index (χ0n) is 8.17. The number of hydrogen-bond donors (Lipinski definition) is 2. The lowest BCUT2D eigenvalue weighted by molar-refractivity contribution is 0.272. The smallest absolute Gasteiger partial charge is 0.202 e. The number of guanidine groups is 1. The molecule has 0 aromatic carbocycles. The summed E-state index contributed by atoms with van der Waals surface area (Å²) in [4.78, 5) is 6.34. The fraction of sp³-hybridized carbons (Fsp3) is 0.444. The Morgan fingerprint density at radius 1 is 1.69 bits per heavy atom. The predicted octanol–water partition coefficient (Wildman–Crippen LogP) is 0.818. The van der Waals surface area contributed by atoms with E-state index in [1.54, 1.807) is 6.20 Å². The summed E-state index contributed by atoms with van der Waals surface area (Å²) < 4.78 is 0. The van der Waals surface area contributed by atoms with Crippen molar-refractivity contribution in [1.29, 1.82) is 0 Å². The summed E-state index contributed by atoms with van der Waals surface area (Å²) in [6.45, 7) is 12.3. The van der Waals surface area contributed by atoms with Gasteiger partial charge in [-0.05, 0) is 20.0 Å². The van der Waals surface area contributed by atoms with Gasteiger partial charge in [-0.15, -0.1) is 0 Å². The van der Waals surface area contributed by atoms with E-state index in [2.05, 4.69) is 47.5 Å². The summed E-state index contributed by atoms with van der Waals surface area (Å²) in [5.41, 5.74) is 0. The molecule has 72 valence electrons. The first-order valence-electron chi connectivity index (χ1n) is 4.29. The molecule has 0 saturated carbocycles. The maximum Gasteiger partial charge on any atom is 0.202 e. The van der Waals surface area contributed by atoms with Gasteiger partial charge in [-0.1, -0.05) is 13.2 Å². The lowest BCUT2D eigenvalue weighted by Crippen LogP contribution is -2.47. The van der Waals surface area contributed by atoms with E-state index in [0.29, 0.717) is 18.7 Å². The molecular weight excluding hydrogens is 164 g/mol. The van der Waals surface area contributed by atoms with Gasteiger partial charge in [-0.2, -0.15) is 0 Å². The summed E-state index contributed by atoms with van der Waals surface area (Å²) in [6, 6.07) is 0.411. The maximum atomic E-state index is 4.26. The Bertz CT molecular complexity index is 242. The third-order valence-electron chi connectivity index (χ3n) is 1.85. The van der Waals surface area contributed by atoms with Crippen molar-refractivity contribution in [2.24, 2.45) is 4.99 Å². The van der Waals surface area contributed by atoms with Crippen LogP contribution < -0.4 is 10.6 Å². The molecule has 0 saturated heterocycles. The number of rotatable bonds is 2. The van der Waals surface area contributed by atoms with Gasteiger partial charge in [0.25, 0.3) is 0 Å². The fourth-order valence-corrected chi connectivity index (χ4v) is 1.13. The molecule has 4 nitrogen and oxygen atoms in total. The molecule has 13 heavy (non-hydrogen) atoms. The normalized spacial score (nSPS) is 16.7. The first-order chi connectivity index (χ1) is 6.15. The molecule has 1 rings (SSSR count). The van der Waals surface area contributed by atoms with Crippen molar-refractivity contribution >= 4 is 5.96 Å². The molecule has 0 bridgehead atoms. The SMILES string of the molecule is C=CNC1=NCN(C(C)C)C(=C)N1. The van der Waals surface area contributed by atoms with Crippen molar-refractivity contribution in [1.82, 2.24) is 15.5 Å². The van der Waals surface area contributed by atoms with Crippen LogP contribution in [0.3, 0.4) is 0 Å².